The Morgan fingerprint density at radius 2 is 1.89 bits per heavy atom. The first kappa shape index (κ1) is 18.0. The van der Waals surface area contributed by atoms with Gasteiger partial charge in [0.15, 0.2) is 5.82 Å². The normalized spacial score (nSPS) is 11.0. The molecular weight excluding hydrogens is 348 g/mol. The molecule has 0 saturated heterocycles. The molecule has 0 fully saturated rings. The summed E-state index contributed by atoms with van der Waals surface area (Å²) in [4.78, 5) is 15.5. The van der Waals surface area contributed by atoms with Crippen LogP contribution in [-0.4, -0.2) is 20.7 Å². The molecule has 28 heavy (non-hydrogen) atoms. The number of carbonyl (C=O) groups excluding carboxylic acids is 1. The molecule has 0 radical (unpaired) electrons. The van der Waals surface area contributed by atoms with E-state index in [9.17, 15) is 4.79 Å². The second kappa shape index (κ2) is 8.13. The van der Waals surface area contributed by atoms with E-state index in [0.717, 1.165) is 18.4 Å². The molecule has 4 rings (SSSR count). The van der Waals surface area contributed by atoms with Crippen molar-refractivity contribution in [3.05, 3.63) is 83.7 Å². The zero-order valence-corrected chi connectivity index (χ0v) is 16.0. The van der Waals surface area contributed by atoms with Crippen molar-refractivity contribution >= 4 is 22.6 Å². The van der Waals surface area contributed by atoms with Gasteiger partial charge in [0, 0.05) is 35.8 Å². The van der Waals surface area contributed by atoms with E-state index in [1.165, 1.54) is 22.1 Å². The Bertz CT molecular complexity index is 1090. The number of para-hydroxylation sites is 1. The van der Waals surface area contributed by atoms with E-state index >= 15 is 0 Å². The van der Waals surface area contributed by atoms with E-state index in [2.05, 4.69) is 46.6 Å². The average molecular weight is 372 g/mol. The second-order valence-corrected chi connectivity index (χ2v) is 7.09. The van der Waals surface area contributed by atoms with Gasteiger partial charge in [-0.2, -0.15) is 5.10 Å². The smallest absolute Gasteiger partial charge is 0.225 e. The van der Waals surface area contributed by atoms with Gasteiger partial charge in [0.25, 0.3) is 0 Å². The van der Waals surface area contributed by atoms with Crippen molar-refractivity contribution < 1.29 is 4.79 Å². The number of rotatable bonds is 7. The third-order valence-electron chi connectivity index (χ3n) is 5.03. The number of benzene rings is 2. The molecule has 0 aliphatic heterocycles. The third kappa shape index (κ3) is 4.14. The summed E-state index contributed by atoms with van der Waals surface area (Å²) in [6, 6.07) is 18.3. The number of hydrogen-bond donors (Lipinski definition) is 2. The average Bonchev–Trinajstić information content (AvgIpc) is 3.31. The van der Waals surface area contributed by atoms with Crippen molar-refractivity contribution in [2.75, 3.05) is 5.32 Å². The molecule has 5 nitrogen and oxygen atoms in total. The van der Waals surface area contributed by atoms with Gasteiger partial charge < -0.3 is 10.3 Å². The molecule has 142 valence electrons. The number of carbonyl (C=O) groups is 1. The maximum atomic E-state index is 12.3. The molecule has 5 heteroatoms. The first-order chi connectivity index (χ1) is 13.7. The van der Waals surface area contributed by atoms with Crippen molar-refractivity contribution in [1.82, 2.24) is 14.8 Å². The summed E-state index contributed by atoms with van der Waals surface area (Å²) >= 11 is 0. The Morgan fingerprint density at radius 1 is 1.07 bits per heavy atom. The minimum absolute atomic E-state index is 0.000910. The van der Waals surface area contributed by atoms with E-state index in [4.69, 9.17) is 0 Å². The molecule has 0 atom stereocenters. The Hall–Kier alpha value is -3.34. The highest BCUT2D eigenvalue weighted by molar-refractivity contribution is 5.89. The molecule has 2 heterocycles. The predicted octanol–water partition coefficient (Wildman–Crippen LogP) is 4.68. The SMILES string of the molecule is Cc1ccccc1Cn1ccc(NC(=O)CCCc2c[nH]c3ccccc23)n1. The van der Waals surface area contributed by atoms with Crippen molar-refractivity contribution in [3.8, 4) is 0 Å². The number of amides is 1. The zero-order valence-electron chi connectivity index (χ0n) is 16.0. The molecule has 4 aromatic rings. The number of H-pyrrole nitrogens is 1. The Morgan fingerprint density at radius 3 is 2.79 bits per heavy atom. The van der Waals surface area contributed by atoms with Crippen LogP contribution in [0.4, 0.5) is 5.82 Å². The summed E-state index contributed by atoms with van der Waals surface area (Å²) in [6.45, 7) is 2.79. The number of aryl methyl sites for hydroxylation is 2. The molecule has 0 saturated carbocycles. The van der Waals surface area contributed by atoms with Crippen LogP contribution in [0.25, 0.3) is 10.9 Å². The number of hydrogen-bond acceptors (Lipinski definition) is 2. The van der Waals surface area contributed by atoms with Crippen LogP contribution in [0.3, 0.4) is 0 Å². The van der Waals surface area contributed by atoms with Gasteiger partial charge in [0.05, 0.1) is 6.54 Å². The highest BCUT2D eigenvalue weighted by atomic mass is 16.1. The number of fused-ring (bicyclic) bond motifs is 1. The van der Waals surface area contributed by atoms with E-state index in [1.54, 1.807) is 0 Å². The van der Waals surface area contributed by atoms with Gasteiger partial charge in [-0.1, -0.05) is 42.5 Å². The lowest BCUT2D eigenvalue weighted by atomic mass is 10.1. The molecule has 2 aromatic heterocycles. The summed E-state index contributed by atoms with van der Waals surface area (Å²) < 4.78 is 1.85. The molecule has 2 N–H and O–H groups in total. The number of nitrogens with one attached hydrogen (secondary N) is 2. The second-order valence-electron chi connectivity index (χ2n) is 7.09. The summed E-state index contributed by atoms with van der Waals surface area (Å²) in [5.74, 6) is 0.603. The van der Waals surface area contributed by atoms with Gasteiger partial charge in [-0.3, -0.25) is 9.48 Å². The number of anilines is 1. The van der Waals surface area contributed by atoms with Crippen molar-refractivity contribution in [3.63, 3.8) is 0 Å². The summed E-state index contributed by atoms with van der Waals surface area (Å²) in [5.41, 5.74) is 4.86. The molecule has 0 spiro atoms. The van der Waals surface area contributed by atoms with Gasteiger partial charge in [-0.25, -0.2) is 0 Å². The van der Waals surface area contributed by atoms with Gasteiger partial charge in [-0.05, 0) is 42.5 Å². The Kier molecular flexibility index (Phi) is 5.24. The van der Waals surface area contributed by atoms with Crippen molar-refractivity contribution in [1.29, 1.82) is 0 Å². The minimum atomic E-state index is 0.000910. The maximum absolute atomic E-state index is 12.3. The van der Waals surface area contributed by atoms with Gasteiger partial charge in [-0.15, -0.1) is 0 Å². The van der Waals surface area contributed by atoms with Gasteiger partial charge in [0.1, 0.15) is 0 Å². The lowest BCUT2D eigenvalue weighted by Crippen LogP contribution is -2.12. The first-order valence-corrected chi connectivity index (χ1v) is 9.62. The lowest BCUT2D eigenvalue weighted by molar-refractivity contribution is -0.116. The summed E-state index contributed by atoms with van der Waals surface area (Å²) in [5, 5.41) is 8.60. The van der Waals surface area contributed by atoms with Crippen LogP contribution in [0, 0.1) is 6.92 Å². The number of aromatic amines is 1. The zero-order chi connectivity index (χ0) is 19.3. The van der Waals surface area contributed by atoms with Crippen LogP contribution in [-0.2, 0) is 17.8 Å². The van der Waals surface area contributed by atoms with Crippen molar-refractivity contribution in [2.24, 2.45) is 0 Å². The number of aromatic nitrogens is 3. The molecule has 0 bridgehead atoms. The summed E-state index contributed by atoms with van der Waals surface area (Å²) in [6.07, 6.45) is 6.09. The van der Waals surface area contributed by atoms with Gasteiger partial charge in [0.2, 0.25) is 5.91 Å². The minimum Gasteiger partial charge on any atom is -0.361 e. The molecule has 2 aromatic carbocycles. The fraction of sp³-hybridized carbons (Fsp3) is 0.217. The number of nitrogens with zero attached hydrogens (tertiary/aromatic N) is 2. The highest BCUT2D eigenvalue weighted by Gasteiger charge is 2.08. The molecule has 1 amide bonds. The van der Waals surface area contributed by atoms with Crippen molar-refractivity contribution in [2.45, 2.75) is 32.7 Å². The van der Waals surface area contributed by atoms with E-state index in [-0.39, 0.29) is 5.91 Å². The standard InChI is InChI=1S/C23H24N4O/c1-17-7-2-3-8-19(17)16-27-14-13-22(26-27)25-23(28)12-6-9-18-15-24-21-11-5-4-10-20(18)21/h2-5,7-8,10-11,13-15,24H,6,9,12,16H2,1H3,(H,25,26,28). The topological polar surface area (TPSA) is 62.7 Å². The molecular formula is C23H24N4O. The monoisotopic (exact) mass is 372 g/mol. The predicted molar refractivity (Wildman–Crippen MR) is 112 cm³/mol. The largest absolute Gasteiger partial charge is 0.361 e. The van der Waals surface area contributed by atoms with Crippen LogP contribution in [0.2, 0.25) is 0 Å². The van der Waals surface area contributed by atoms with Crippen LogP contribution in [0.15, 0.2) is 67.0 Å². The lowest BCUT2D eigenvalue weighted by Gasteiger charge is -2.06. The summed E-state index contributed by atoms with van der Waals surface area (Å²) in [7, 11) is 0. The molecule has 0 unspecified atom stereocenters. The van der Waals surface area contributed by atoms with Gasteiger partial charge >= 0.3 is 0 Å². The van der Waals surface area contributed by atoms with E-state index < -0.39 is 0 Å². The molecule has 0 aliphatic rings. The van der Waals surface area contributed by atoms with E-state index in [1.807, 2.05) is 47.4 Å². The van der Waals surface area contributed by atoms with E-state index in [0.29, 0.717) is 18.8 Å². The maximum Gasteiger partial charge on any atom is 0.225 e. The molecule has 0 aliphatic carbocycles. The van der Waals surface area contributed by atoms with Crippen LogP contribution in [0.1, 0.15) is 29.5 Å². The van der Waals surface area contributed by atoms with Crippen LogP contribution >= 0.6 is 0 Å². The highest BCUT2D eigenvalue weighted by Crippen LogP contribution is 2.19. The Labute approximate surface area is 164 Å². The Balaban J connectivity index is 1.28. The quantitative estimate of drug-likeness (QED) is 0.495. The van der Waals surface area contributed by atoms with Crippen LogP contribution < -0.4 is 5.32 Å². The first-order valence-electron chi connectivity index (χ1n) is 9.62. The third-order valence-corrected chi connectivity index (χ3v) is 5.03. The fourth-order valence-electron chi connectivity index (χ4n) is 3.46. The fourth-order valence-corrected chi connectivity index (χ4v) is 3.46. The van der Waals surface area contributed by atoms with Crippen LogP contribution in [0.5, 0.6) is 0 Å².